The maximum Gasteiger partial charge on any atom is 0.0107 e. The zero-order chi connectivity index (χ0) is 13.2. The summed E-state index contributed by atoms with van der Waals surface area (Å²) in [6.07, 6.45) is 10.9. The van der Waals surface area contributed by atoms with Crippen LogP contribution in [0.1, 0.15) is 44.9 Å². The molecule has 1 N–H and O–H groups in total. The Labute approximate surface area is 123 Å². The molecule has 1 saturated heterocycles. The maximum absolute atomic E-state index is 3.69. The van der Waals surface area contributed by atoms with Gasteiger partial charge in [0.25, 0.3) is 0 Å². The van der Waals surface area contributed by atoms with Gasteiger partial charge in [0.15, 0.2) is 0 Å². The van der Waals surface area contributed by atoms with Crippen molar-refractivity contribution in [1.82, 2.24) is 10.2 Å². The highest BCUT2D eigenvalue weighted by Gasteiger charge is 2.50. The van der Waals surface area contributed by atoms with E-state index in [4.69, 9.17) is 0 Å². The molecule has 6 fully saturated rings. The Morgan fingerprint density at radius 1 is 0.950 bits per heavy atom. The first-order chi connectivity index (χ1) is 9.80. The van der Waals surface area contributed by atoms with E-state index in [9.17, 15) is 0 Å². The number of nitrogens with zero attached hydrogens (tertiary/aromatic N) is 1. The van der Waals surface area contributed by atoms with Gasteiger partial charge in [0, 0.05) is 32.7 Å². The summed E-state index contributed by atoms with van der Waals surface area (Å²) < 4.78 is 0. The lowest BCUT2D eigenvalue weighted by Gasteiger charge is -2.55. The second-order valence-electron chi connectivity index (χ2n) is 9.01. The van der Waals surface area contributed by atoms with Gasteiger partial charge in [-0.3, -0.25) is 0 Å². The number of hydrogen-bond donors (Lipinski definition) is 1. The Morgan fingerprint density at radius 3 is 2.30 bits per heavy atom. The van der Waals surface area contributed by atoms with Crippen LogP contribution in [-0.4, -0.2) is 37.6 Å². The van der Waals surface area contributed by atoms with Crippen molar-refractivity contribution in [2.45, 2.75) is 44.9 Å². The Kier molecular flexibility index (Phi) is 2.78. The minimum Gasteiger partial charge on any atom is -0.315 e. The zero-order valence-electron chi connectivity index (χ0n) is 12.8. The van der Waals surface area contributed by atoms with Gasteiger partial charge in [0.05, 0.1) is 0 Å². The van der Waals surface area contributed by atoms with E-state index in [1.807, 2.05) is 0 Å². The van der Waals surface area contributed by atoms with Crippen molar-refractivity contribution in [2.75, 3.05) is 32.7 Å². The molecule has 0 aromatic heterocycles. The molecule has 0 aromatic carbocycles. The molecule has 1 aliphatic heterocycles. The maximum atomic E-state index is 3.69. The van der Waals surface area contributed by atoms with Gasteiger partial charge < -0.3 is 10.2 Å². The van der Waals surface area contributed by atoms with Gasteiger partial charge in [-0.15, -0.1) is 0 Å². The molecule has 6 rings (SSSR count). The number of rotatable bonds is 2. The first-order valence-corrected chi connectivity index (χ1v) is 9.23. The Morgan fingerprint density at radius 2 is 1.65 bits per heavy atom. The van der Waals surface area contributed by atoms with E-state index in [1.165, 1.54) is 45.6 Å². The molecule has 112 valence electrons. The minimum atomic E-state index is 0.697. The molecule has 5 saturated carbocycles. The van der Waals surface area contributed by atoms with Gasteiger partial charge >= 0.3 is 0 Å². The lowest BCUT2D eigenvalue weighted by molar-refractivity contribution is -0.0497. The van der Waals surface area contributed by atoms with Gasteiger partial charge in [-0.1, -0.05) is 0 Å². The van der Waals surface area contributed by atoms with Gasteiger partial charge in [0.1, 0.15) is 0 Å². The van der Waals surface area contributed by atoms with Crippen LogP contribution in [0.5, 0.6) is 0 Å². The predicted octanol–water partition coefficient (Wildman–Crippen LogP) is 2.74. The molecule has 6 aliphatic rings. The molecule has 20 heavy (non-hydrogen) atoms. The fourth-order valence-electron chi connectivity index (χ4n) is 6.50. The molecule has 1 heterocycles. The third kappa shape index (κ3) is 2.06. The summed E-state index contributed by atoms with van der Waals surface area (Å²) in [4.78, 5) is 2.86. The van der Waals surface area contributed by atoms with Crippen molar-refractivity contribution in [1.29, 1.82) is 0 Å². The summed E-state index contributed by atoms with van der Waals surface area (Å²) in [5, 5.41) is 3.69. The second-order valence-corrected chi connectivity index (χ2v) is 9.01. The molecule has 0 aromatic rings. The third-order valence-corrected chi connectivity index (χ3v) is 7.51. The molecule has 2 nitrogen and oxygen atoms in total. The molecule has 0 radical (unpaired) electrons. The molecule has 0 unspecified atom stereocenters. The van der Waals surface area contributed by atoms with Crippen molar-refractivity contribution >= 4 is 0 Å². The van der Waals surface area contributed by atoms with E-state index >= 15 is 0 Å². The highest BCUT2D eigenvalue weighted by atomic mass is 15.2. The third-order valence-electron chi connectivity index (χ3n) is 7.51. The van der Waals surface area contributed by atoms with Gasteiger partial charge in [-0.25, -0.2) is 0 Å². The molecule has 0 atom stereocenters. The first kappa shape index (κ1) is 12.5. The molecule has 4 bridgehead atoms. The monoisotopic (exact) mass is 274 g/mol. The Bertz CT molecular complexity index is 359. The van der Waals surface area contributed by atoms with E-state index < -0.39 is 0 Å². The van der Waals surface area contributed by atoms with Crippen LogP contribution >= 0.6 is 0 Å². The van der Waals surface area contributed by atoms with Crippen LogP contribution in [0, 0.1) is 35.0 Å². The lowest BCUT2D eigenvalue weighted by Crippen LogP contribution is -2.49. The Balaban J connectivity index is 1.29. The van der Waals surface area contributed by atoms with Crippen molar-refractivity contribution < 1.29 is 0 Å². The summed E-state index contributed by atoms with van der Waals surface area (Å²) in [5.41, 5.74) is 0.697. The van der Waals surface area contributed by atoms with Gasteiger partial charge in [-0.05, 0) is 80.0 Å². The first-order valence-electron chi connectivity index (χ1n) is 9.23. The molecular weight excluding hydrogens is 244 g/mol. The van der Waals surface area contributed by atoms with Crippen molar-refractivity contribution in [3.05, 3.63) is 0 Å². The second kappa shape index (κ2) is 4.46. The fourth-order valence-corrected chi connectivity index (χ4v) is 6.50. The zero-order valence-corrected chi connectivity index (χ0v) is 12.8. The standard InChI is InChI=1S/C18H30N2/c1-2-18(1)11-19-3-4-20(12-18)10-17-15-6-13-5-14(8-15)9-16(17)7-13/h13-17,19H,1-12H2. The van der Waals surface area contributed by atoms with Crippen LogP contribution in [0.4, 0.5) is 0 Å². The van der Waals surface area contributed by atoms with Crippen LogP contribution in [0.15, 0.2) is 0 Å². The average molecular weight is 274 g/mol. The van der Waals surface area contributed by atoms with E-state index in [2.05, 4.69) is 10.2 Å². The van der Waals surface area contributed by atoms with Crippen LogP contribution < -0.4 is 5.32 Å². The largest absolute Gasteiger partial charge is 0.315 e. The lowest BCUT2D eigenvalue weighted by atomic mass is 9.52. The van der Waals surface area contributed by atoms with Crippen LogP contribution in [-0.2, 0) is 0 Å². The quantitative estimate of drug-likeness (QED) is 0.833. The van der Waals surface area contributed by atoms with Crippen LogP contribution in [0.3, 0.4) is 0 Å². The molecular formula is C18H30N2. The number of nitrogens with one attached hydrogen (secondary N) is 1. The predicted molar refractivity (Wildman–Crippen MR) is 81.5 cm³/mol. The van der Waals surface area contributed by atoms with Crippen molar-refractivity contribution in [3.8, 4) is 0 Å². The molecule has 1 spiro atoms. The molecule has 5 aliphatic carbocycles. The van der Waals surface area contributed by atoms with E-state index in [-0.39, 0.29) is 0 Å². The van der Waals surface area contributed by atoms with E-state index in [1.54, 1.807) is 32.1 Å². The van der Waals surface area contributed by atoms with Gasteiger partial charge in [-0.2, -0.15) is 0 Å². The summed E-state index contributed by atoms with van der Waals surface area (Å²) in [6.45, 7) is 6.69. The normalized spacial score (nSPS) is 49.5. The minimum absolute atomic E-state index is 0.697. The Hall–Kier alpha value is -0.0800. The highest BCUT2D eigenvalue weighted by molar-refractivity contribution is 5.02. The highest BCUT2D eigenvalue weighted by Crippen LogP contribution is 2.57. The summed E-state index contributed by atoms with van der Waals surface area (Å²) in [5.74, 6) is 5.55. The van der Waals surface area contributed by atoms with E-state index in [0.717, 1.165) is 29.6 Å². The fraction of sp³-hybridized carbons (Fsp3) is 1.00. The van der Waals surface area contributed by atoms with Crippen molar-refractivity contribution in [2.24, 2.45) is 35.0 Å². The summed E-state index contributed by atoms with van der Waals surface area (Å²) >= 11 is 0. The van der Waals surface area contributed by atoms with Crippen molar-refractivity contribution in [3.63, 3.8) is 0 Å². The van der Waals surface area contributed by atoms with Crippen LogP contribution in [0.2, 0.25) is 0 Å². The van der Waals surface area contributed by atoms with Crippen LogP contribution in [0.25, 0.3) is 0 Å². The summed E-state index contributed by atoms with van der Waals surface area (Å²) in [7, 11) is 0. The van der Waals surface area contributed by atoms with Gasteiger partial charge in [0.2, 0.25) is 0 Å². The average Bonchev–Trinajstić information content (AvgIpc) is 3.21. The number of hydrogen-bond acceptors (Lipinski definition) is 2. The topological polar surface area (TPSA) is 15.3 Å². The molecule has 2 heteroatoms. The SMILES string of the molecule is C1CN(CC2C3CC4CC(C3)CC2C4)CC2(CC2)CN1. The van der Waals surface area contributed by atoms with E-state index in [0.29, 0.717) is 5.41 Å². The smallest absolute Gasteiger partial charge is 0.0107 e. The molecule has 0 amide bonds. The summed E-state index contributed by atoms with van der Waals surface area (Å²) in [6, 6.07) is 0.